The van der Waals surface area contributed by atoms with Gasteiger partial charge in [0.05, 0.1) is 5.92 Å². The van der Waals surface area contributed by atoms with Gasteiger partial charge in [0.25, 0.3) is 0 Å². The maximum Gasteiger partial charge on any atom is 0.321 e. The lowest BCUT2D eigenvalue weighted by Crippen LogP contribution is -2.41. The lowest BCUT2D eigenvalue weighted by molar-refractivity contribution is 0.184. The van der Waals surface area contributed by atoms with Crippen LogP contribution in [0.4, 0.5) is 10.5 Å². The third-order valence-electron chi connectivity index (χ3n) is 5.53. The summed E-state index contributed by atoms with van der Waals surface area (Å²) in [5, 5.41) is 7.16. The van der Waals surface area contributed by atoms with E-state index >= 15 is 0 Å². The van der Waals surface area contributed by atoms with E-state index in [0.717, 1.165) is 41.8 Å². The van der Waals surface area contributed by atoms with Gasteiger partial charge in [0, 0.05) is 24.3 Å². The molecule has 0 aliphatic carbocycles. The molecule has 2 amide bonds. The predicted molar refractivity (Wildman–Crippen MR) is 113 cm³/mol. The van der Waals surface area contributed by atoms with E-state index in [1.54, 1.807) is 0 Å². The summed E-state index contributed by atoms with van der Waals surface area (Å²) >= 11 is 0. The van der Waals surface area contributed by atoms with Gasteiger partial charge in [-0.1, -0.05) is 35.0 Å². The van der Waals surface area contributed by atoms with Crippen molar-refractivity contribution in [2.75, 3.05) is 18.4 Å². The summed E-state index contributed by atoms with van der Waals surface area (Å²) in [5.74, 6) is 1.26. The molecule has 1 aliphatic heterocycles. The molecule has 3 aromatic rings. The summed E-state index contributed by atoms with van der Waals surface area (Å²) in [7, 11) is 0. The fourth-order valence-corrected chi connectivity index (χ4v) is 3.69. The van der Waals surface area contributed by atoms with Crippen LogP contribution in [-0.4, -0.2) is 34.2 Å². The number of anilines is 1. The number of likely N-dealkylation sites (tertiary alicyclic amines) is 1. The Morgan fingerprint density at radius 2 is 2.00 bits per heavy atom. The number of hydrogen-bond donors (Lipinski definition) is 1. The summed E-state index contributed by atoms with van der Waals surface area (Å²) in [6.45, 7) is 7.45. The molecule has 4 rings (SSSR count). The van der Waals surface area contributed by atoms with Gasteiger partial charge in [0.2, 0.25) is 11.7 Å². The van der Waals surface area contributed by atoms with Gasteiger partial charge >= 0.3 is 6.03 Å². The molecule has 1 aromatic heterocycles. The second-order valence-electron chi connectivity index (χ2n) is 7.84. The summed E-state index contributed by atoms with van der Waals surface area (Å²) in [6, 6.07) is 13.9. The average molecular weight is 390 g/mol. The predicted octanol–water partition coefficient (Wildman–Crippen LogP) is 5.07. The van der Waals surface area contributed by atoms with Gasteiger partial charge in [-0.3, -0.25) is 0 Å². The molecule has 0 radical (unpaired) electrons. The Morgan fingerprint density at radius 1 is 1.14 bits per heavy atom. The smallest absolute Gasteiger partial charge is 0.321 e. The van der Waals surface area contributed by atoms with Gasteiger partial charge < -0.3 is 14.7 Å². The van der Waals surface area contributed by atoms with Crippen LogP contribution in [0.5, 0.6) is 0 Å². The van der Waals surface area contributed by atoms with Gasteiger partial charge in [0.15, 0.2) is 0 Å². The lowest BCUT2D eigenvalue weighted by Gasteiger charge is -2.31. The fraction of sp³-hybridized carbons (Fsp3) is 0.348. The number of amides is 2. The normalized spacial score (nSPS) is 16.7. The van der Waals surface area contributed by atoms with E-state index < -0.39 is 0 Å². The van der Waals surface area contributed by atoms with Crippen LogP contribution in [0.25, 0.3) is 11.4 Å². The van der Waals surface area contributed by atoms with Crippen molar-refractivity contribution in [3.05, 3.63) is 65.0 Å². The second-order valence-corrected chi connectivity index (χ2v) is 7.84. The zero-order chi connectivity index (χ0) is 20.4. The van der Waals surface area contributed by atoms with Crippen molar-refractivity contribution < 1.29 is 9.32 Å². The van der Waals surface area contributed by atoms with E-state index in [1.807, 2.05) is 61.2 Å². The number of nitrogens with zero attached hydrogens (tertiary/aromatic N) is 3. The first-order chi connectivity index (χ1) is 14.0. The highest BCUT2D eigenvalue weighted by molar-refractivity contribution is 5.89. The summed E-state index contributed by atoms with van der Waals surface area (Å²) in [4.78, 5) is 19.2. The standard InChI is InChI=1S/C23H26N4O2/c1-15-6-4-7-18(12-15)21-25-22(29-26-21)19-8-5-11-27(14-19)23(28)24-20-10-9-16(2)17(3)13-20/h4,6-7,9-10,12-13,19H,5,8,11,14H2,1-3H3,(H,24,28). The number of piperidine rings is 1. The van der Waals surface area contributed by atoms with Crippen LogP contribution in [0.3, 0.4) is 0 Å². The first-order valence-electron chi connectivity index (χ1n) is 10.0. The van der Waals surface area contributed by atoms with E-state index in [0.29, 0.717) is 18.3 Å². The molecular formula is C23H26N4O2. The molecule has 1 N–H and O–H groups in total. The number of benzene rings is 2. The molecule has 0 saturated carbocycles. The summed E-state index contributed by atoms with van der Waals surface area (Å²) in [5.41, 5.74) is 5.29. The van der Waals surface area contributed by atoms with Crippen LogP contribution < -0.4 is 5.32 Å². The topological polar surface area (TPSA) is 71.3 Å². The highest BCUT2D eigenvalue weighted by Crippen LogP contribution is 2.28. The molecular weight excluding hydrogens is 364 g/mol. The fourth-order valence-electron chi connectivity index (χ4n) is 3.69. The highest BCUT2D eigenvalue weighted by Gasteiger charge is 2.29. The molecule has 29 heavy (non-hydrogen) atoms. The van der Waals surface area contributed by atoms with Gasteiger partial charge in [0.1, 0.15) is 0 Å². The van der Waals surface area contributed by atoms with Crippen LogP contribution in [0.15, 0.2) is 47.0 Å². The van der Waals surface area contributed by atoms with Crippen LogP contribution in [0.2, 0.25) is 0 Å². The second kappa shape index (κ2) is 8.07. The molecule has 6 nitrogen and oxygen atoms in total. The number of nitrogens with one attached hydrogen (secondary N) is 1. The Bertz CT molecular complexity index is 1030. The third-order valence-corrected chi connectivity index (χ3v) is 5.53. The van der Waals surface area contributed by atoms with Crippen molar-refractivity contribution in [2.24, 2.45) is 0 Å². The molecule has 1 unspecified atom stereocenters. The van der Waals surface area contributed by atoms with Crippen molar-refractivity contribution in [2.45, 2.75) is 39.5 Å². The van der Waals surface area contributed by atoms with Gasteiger partial charge in [-0.15, -0.1) is 0 Å². The van der Waals surface area contributed by atoms with E-state index in [9.17, 15) is 4.79 Å². The van der Waals surface area contributed by atoms with E-state index in [2.05, 4.69) is 22.4 Å². The van der Waals surface area contributed by atoms with E-state index in [-0.39, 0.29) is 11.9 Å². The Kier molecular flexibility index (Phi) is 5.34. The summed E-state index contributed by atoms with van der Waals surface area (Å²) in [6.07, 6.45) is 1.84. The third kappa shape index (κ3) is 4.31. The van der Waals surface area contributed by atoms with Crippen molar-refractivity contribution in [1.29, 1.82) is 0 Å². The minimum Gasteiger partial charge on any atom is -0.339 e. The minimum atomic E-state index is -0.0867. The first-order valence-corrected chi connectivity index (χ1v) is 10.0. The minimum absolute atomic E-state index is 0.0558. The number of hydrogen-bond acceptors (Lipinski definition) is 4. The van der Waals surface area contributed by atoms with Crippen molar-refractivity contribution >= 4 is 11.7 Å². The zero-order valence-electron chi connectivity index (χ0n) is 17.1. The van der Waals surface area contributed by atoms with Gasteiger partial charge in [-0.05, 0) is 62.9 Å². The molecule has 6 heteroatoms. The maximum atomic E-state index is 12.8. The monoisotopic (exact) mass is 390 g/mol. The number of carbonyl (C=O) groups excluding carboxylic acids is 1. The van der Waals surface area contributed by atoms with Crippen molar-refractivity contribution in [3.8, 4) is 11.4 Å². The molecule has 1 aliphatic rings. The maximum absolute atomic E-state index is 12.8. The molecule has 1 atom stereocenters. The van der Waals surface area contributed by atoms with Gasteiger partial charge in [-0.25, -0.2) is 4.79 Å². The molecule has 150 valence electrons. The van der Waals surface area contributed by atoms with Crippen LogP contribution >= 0.6 is 0 Å². The Labute approximate surface area is 170 Å². The molecule has 1 saturated heterocycles. The zero-order valence-corrected chi connectivity index (χ0v) is 17.1. The first kappa shape index (κ1) is 19.2. The quantitative estimate of drug-likeness (QED) is 0.677. The number of aromatic nitrogens is 2. The Hall–Kier alpha value is -3.15. The van der Waals surface area contributed by atoms with Crippen LogP contribution in [0, 0.1) is 20.8 Å². The molecule has 2 aromatic carbocycles. The molecule has 0 bridgehead atoms. The van der Waals surface area contributed by atoms with Gasteiger partial charge in [-0.2, -0.15) is 4.98 Å². The average Bonchev–Trinajstić information content (AvgIpc) is 3.21. The number of urea groups is 1. The van der Waals surface area contributed by atoms with Crippen molar-refractivity contribution in [3.63, 3.8) is 0 Å². The molecule has 0 spiro atoms. The number of aryl methyl sites for hydroxylation is 3. The summed E-state index contributed by atoms with van der Waals surface area (Å²) < 4.78 is 5.55. The SMILES string of the molecule is Cc1cccc(-c2noc(C3CCCN(C(=O)Nc4ccc(C)c(C)c4)C3)n2)c1. The van der Waals surface area contributed by atoms with E-state index in [4.69, 9.17) is 4.52 Å². The number of rotatable bonds is 3. The van der Waals surface area contributed by atoms with Crippen molar-refractivity contribution in [1.82, 2.24) is 15.0 Å². The Balaban J connectivity index is 1.44. The highest BCUT2D eigenvalue weighted by atomic mass is 16.5. The van der Waals surface area contributed by atoms with Crippen LogP contribution in [-0.2, 0) is 0 Å². The van der Waals surface area contributed by atoms with Crippen LogP contribution in [0.1, 0.15) is 41.3 Å². The molecule has 2 heterocycles. The van der Waals surface area contributed by atoms with E-state index in [1.165, 1.54) is 5.56 Å². The Morgan fingerprint density at radius 3 is 2.79 bits per heavy atom. The molecule has 1 fully saturated rings. The lowest BCUT2D eigenvalue weighted by atomic mass is 9.98. The largest absolute Gasteiger partial charge is 0.339 e. The number of carbonyl (C=O) groups is 1.